The molecule has 11 heavy (non-hydrogen) atoms. The molecule has 2 saturated heterocycles. The highest BCUT2D eigenvalue weighted by Crippen LogP contribution is 2.32. The number of β-lactam (4-membered cyclic amide) rings is 4. The van der Waals surface area contributed by atoms with E-state index in [4.69, 9.17) is 0 Å². The van der Waals surface area contributed by atoms with Gasteiger partial charge < -0.3 is 0 Å². The molecule has 0 aliphatic carbocycles. The van der Waals surface area contributed by atoms with Gasteiger partial charge in [-0.05, 0) is 0 Å². The van der Waals surface area contributed by atoms with Crippen LogP contribution in [0.1, 0.15) is 0 Å². The normalized spacial score (nSPS) is 25.5. The summed E-state index contributed by atoms with van der Waals surface area (Å²) in [4.78, 5) is 42.6. The van der Waals surface area contributed by atoms with Gasteiger partial charge in [0, 0.05) is 0 Å². The second-order valence-electron chi connectivity index (χ2n) is 2.32. The molecule has 2 heterocycles. The van der Waals surface area contributed by atoms with E-state index >= 15 is 0 Å². The minimum atomic E-state index is -2.00. The van der Waals surface area contributed by atoms with Crippen LogP contribution in [-0.2, 0) is 19.2 Å². The first kappa shape index (κ1) is 6.02. The fraction of sp³-hybridized carbons (Fsp3) is 0.200. The summed E-state index contributed by atoms with van der Waals surface area (Å²) in [5.41, 5.74) is -2.00. The lowest BCUT2D eigenvalue weighted by Crippen LogP contribution is -2.82. The van der Waals surface area contributed by atoms with E-state index in [0.717, 1.165) is 0 Å². The molecule has 0 aromatic heterocycles. The highest BCUT2D eigenvalue weighted by Gasteiger charge is 2.73. The monoisotopic (exact) mass is 154 g/mol. The Kier molecular flexibility index (Phi) is 0.719. The van der Waals surface area contributed by atoms with Crippen molar-refractivity contribution in [1.82, 2.24) is 10.6 Å². The van der Waals surface area contributed by atoms with Gasteiger partial charge in [0.25, 0.3) is 29.0 Å². The van der Waals surface area contributed by atoms with Gasteiger partial charge in [0.05, 0.1) is 0 Å². The Morgan fingerprint density at radius 2 is 1.00 bits per heavy atom. The highest BCUT2D eigenvalue weighted by molar-refractivity contribution is 6.53. The van der Waals surface area contributed by atoms with Gasteiger partial charge >= 0.3 is 0 Å². The fourth-order valence-corrected chi connectivity index (χ4v) is 1.07. The van der Waals surface area contributed by atoms with Crippen LogP contribution < -0.4 is 10.6 Å². The van der Waals surface area contributed by atoms with Crippen LogP contribution in [0.25, 0.3) is 0 Å². The molecule has 0 radical (unpaired) electrons. The number of amides is 4. The molecule has 2 fully saturated rings. The predicted octanol–water partition coefficient (Wildman–Crippen LogP) is -2.71. The Balaban J connectivity index is 2.49. The van der Waals surface area contributed by atoms with E-state index in [-0.39, 0.29) is 0 Å². The lowest BCUT2D eigenvalue weighted by molar-refractivity contribution is -0.175. The number of imide groups is 2. The van der Waals surface area contributed by atoms with Crippen LogP contribution in [0.15, 0.2) is 0 Å². The fourth-order valence-electron chi connectivity index (χ4n) is 1.07. The van der Waals surface area contributed by atoms with Gasteiger partial charge in [0.15, 0.2) is 0 Å². The molecule has 6 nitrogen and oxygen atoms in total. The molecule has 6 heteroatoms. The van der Waals surface area contributed by atoms with Crippen molar-refractivity contribution in [2.45, 2.75) is 0 Å². The van der Waals surface area contributed by atoms with E-state index in [1.165, 1.54) is 0 Å². The molecular weight excluding hydrogens is 152 g/mol. The molecule has 56 valence electrons. The first-order valence-electron chi connectivity index (χ1n) is 2.82. The Hall–Kier alpha value is -1.72. The molecule has 1 spiro atoms. The molecular formula is C5H2N2O4. The van der Waals surface area contributed by atoms with Crippen LogP contribution in [0.4, 0.5) is 0 Å². The van der Waals surface area contributed by atoms with E-state index in [1.807, 2.05) is 0 Å². The summed E-state index contributed by atoms with van der Waals surface area (Å²) in [6.45, 7) is 0. The van der Waals surface area contributed by atoms with Crippen LogP contribution >= 0.6 is 0 Å². The van der Waals surface area contributed by atoms with E-state index < -0.39 is 29.0 Å². The minimum absolute atomic E-state index is 0.823. The third-order valence-electron chi connectivity index (χ3n) is 1.82. The van der Waals surface area contributed by atoms with Crippen molar-refractivity contribution in [2.24, 2.45) is 5.41 Å². The Morgan fingerprint density at radius 1 is 0.727 bits per heavy atom. The number of hydrogen-bond acceptors (Lipinski definition) is 4. The van der Waals surface area contributed by atoms with Crippen LogP contribution in [0.2, 0.25) is 0 Å². The van der Waals surface area contributed by atoms with Gasteiger partial charge in [-0.3, -0.25) is 29.8 Å². The predicted molar refractivity (Wildman–Crippen MR) is 28.7 cm³/mol. The molecule has 0 aromatic carbocycles. The zero-order chi connectivity index (χ0) is 8.22. The maximum atomic E-state index is 10.7. The summed E-state index contributed by atoms with van der Waals surface area (Å²) in [5.74, 6) is -3.29. The lowest BCUT2D eigenvalue weighted by atomic mass is 9.72. The molecule has 2 aliphatic rings. The largest absolute Gasteiger partial charge is 0.293 e. The number of carbonyl (C=O) groups is 4. The number of rotatable bonds is 0. The van der Waals surface area contributed by atoms with Gasteiger partial charge in [-0.25, -0.2) is 0 Å². The van der Waals surface area contributed by atoms with Crippen molar-refractivity contribution < 1.29 is 19.2 Å². The van der Waals surface area contributed by atoms with Gasteiger partial charge in [0.1, 0.15) is 0 Å². The van der Waals surface area contributed by atoms with Gasteiger partial charge in [-0.2, -0.15) is 0 Å². The van der Waals surface area contributed by atoms with Gasteiger partial charge in [-0.15, -0.1) is 0 Å². The van der Waals surface area contributed by atoms with Crippen molar-refractivity contribution >= 4 is 23.6 Å². The summed E-state index contributed by atoms with van der Waals surface area (Å²) in [5, 5.41) is 3.60. The number of carbonyl (C=O) groups excluding carboxylic acids is 4. The third kappa shape index (κ3) is 0.356. The lowest BCUT2D eigenvalue weighted by Gasteiger charge is -2.40. The Morgan fingerprint density at radius 3 is 1.09 bits per heavy atom. The first-order chi connectivity index (χ1) is 5.10. The topological polar surface area (TPSA) is 92.3 Å². The molecule has 4 amide bonds. The second-order valence-corrected chi connectivity index (χ2v) is 2.32. The van der Waals surface area contributed by atoms with Crippen molar-refractivity contribution in [3.8, 4) is 0 Å². The average Bonchev–Trinajstić information content (AvgIpc) is 1.86. The van der Waals surface area contributed by atoms with Crippen molar-refractivity contribution in [3.63, 3.8) is 0 Å². The highest BCUT2D eigenvalue weighted by atomic mass is 16.2. The standard InChI is InChI=1S/C5H2N2O4/c8-1-5(2(9)6-1)3(10)7-4(5)11/h(H,6,8,9)(H,7,10,11). The van der Waals surface area contributed by atoms with Crippen molar-refractivity contribution in [2.75, 3.05) is 0 Å². The molecule has 0 atom stereocenters. The van der Waals surface area contributed by atoms with Crippen LogP contribution in [-0.4, -0.2) is 23.6 Å². The van der Waals surface area contributed by atoms with Crippen LogP contribution in [0, 0.1) is 5.41 Å². The smallest absolute Gasteiger partial charge is 0.284 e. The summed E-state index contributed by atoms with van der Waals surface area (Å²) < 4.78 is 0. The first-order valence-corrected chi connectivity index (χ1v) is 2.82. The van der Waals surface area contributed by atoms with Gasteiger partial charge in [-0.1, -0.05) is 0 Å². The third-order valence-corrected chi connectivity index (χ3v) is 1.82. The molecule has 2 aliphatic heterocycles. The molecule has 0 bridgehead atoms. The SMILES string of the molecule is O=C1NC(=O)C12C(=O)NC2=O. The van der Waals surface area contributed by atoms with Crippen LogP contribution in [0.3, 0.4) is 0 Å². The number of nitrogens with one attached hydrogen (secondary N) is 2. The molecule has 2 rings (SSSR count). The summed E-state index contributed by atoms with van der Waals surface area (Å²) in [6.07, 6.45) is 0. The average molecular weight is 154 g/mol. The molecule has 0 aromatic rings. The Bertz CT molecular complexity index is 255. The van der Waals surface area contributed by atoms with Crippen molar-refractivity contribution in [3.05, 3.63) is 0 Å². The van der Waals surface area contributed by atoms with Crippen molar-refractivity contribution in [1.29, 1.82) is 0 Å². The van der Waals surface area contributed by atoms with Gasteiger partial charge in [0.2, 0.25) is 0 Å². The quantitative estimate of drug-likeness (QED) is 0.293. The van der Waals surface area contributed by atoms with E-state index in [0.29, 0.717) is 0 Å². The number of hydrogen-bond donors (Lipinski definition) is 2. The van der Waals surface area contributed by atoms with E-state index in [1.54, 1.807) is 10.6 Å². The zero-order valence-electron chi connectivity index (χ0n) is 5.13. The summed E-state index contributed by atoms with van der Waals surface area (Å²) in [6, 6.07) is 0. The molecule has 2 N–H and O–H groups in total. The van der Waals surface area contributed by atoms with E-state index in [9.17, 15) is 19.2 Å². The second kappa shape index (κ2) is 1.31. The summed E-state index contributed by atoms with van der Waals surface area (Å²) >= 11 is 0. The zero-order valence-corrected chi connectivity index (χ0v) is 5.13. The van der Waals surface area contributed by atoms with Crippen LogP contribution in [0.5, 0.6) is 0 Å². The Labute approximate surface area is 59.9 Å². The summed E-state index contributed by atoms with van der Waals surface area (Å²) in [7, 11) is 0. The minimum Gasteiger partial charge on any atom is -0.293 e. The maximum Gasteiger partial charge on any atom is 0.284 e. The molecule has 0 saturated carbocycles. The molecule has 0 unspecified atom stereocenters. The maximum absolute atomic E-state index is 10.7. The van der Waals surface area contributed by atoms with E-state index in [2.05, 4.69) is 0 Å².